The van der Waals surface area contributed by atoms with E-state index in [1.165, 1.54) is 0 Å². The van der Waals surface area contributed by atoms with E-state index in [-0.39, 0.29) is 6.54 Å². The molecule has 0 aliphatic carbocycles. The average Bonchev–Trinajstić information content (AvgIpc) is 2.36. The van der Waals surface area contributed by atoms with Crippen LogP contribution in [-0.2, 0) is 13.1 Å². The van der Waals surface area contributed by atoms with Crippen molar-refractivity contribution in [2.45, 2.75) is 25.7 Å². The van der Waals surface area contributed by atoms with Gasteiger partial charge in [0, 0.05) is 18.7 Å². The number of rotatable bonds is 3. The Bertz CT molecular complexity index is 646. The Kier molecular flexibility index (Phi) is 3.61. The molecule has 0 atom stereocenters. The number of halogens is 3. The minimum Gasteiger partial charge on any atom is -0.326 e. The Morgan fingerprint density at radius 3 is 2.53 bits per heavy atom. The van der Waals surface area contributed by atoms with E-state index in [4.69, 9.17) is 5.73 Å². The second kappa shape index (κ2) is 5.05. The van der Waals surface area contributed by atoms with Crippen LogP contribution in [0.1, 0.15) is 12.0 Å². The molecule has 0 amide bonds. The summed E-state index contributed by atoms with van der Waals surface area (Å²) in [6, 6.07) is 8.46. The first kappa shape index (κ1) is 13.6. The molecule has 2 rings (SSSR count). The zero-order chi connectivity index (χ0) is 14.0. The molecule has 0 bridgehead atoms. The first-order valence-corrected chi connectivity index (χ1v) is 5.80. The molecule has 2 N–H and O–H groups in total. The van der Waals surface area contributed by atoms with Crippen LogP contribution in [0.4, 0.5) is 13.2 Å². The number of aryl methyl sites for hydroxylation is 1. The Labute approximate surface area is 107 Å². The number of aromatic nitrogens is 1. The normalized spacial score (nSPS) is 12.0. The van der Waals surface area contributed by atoms with Crippen LogP contribution in [0.3, 0.4) is 0 Å². The maximum atomic E-state index is 12.3. The summed E-state index contributed by atoms with van der Waals surface area (Å²) in [5.41, 5.74) is 5.82. The van der Waals surface area contributed by atoms with E-state index < -0.39 is 24.7 Å². The number of nitrogens with two attached hydrogens (primary N) is 1. The van der Waals surface area contributed by atoms with Gasteiger partial charge in [0.2, 0.25) is 0 Å². The molecule has 1 heterocycles. The first-order valence-electron chi connectivity index (χ1n) is 5.80. The van der Waals surface area contributed by atoms with Crippen molar-refractivity contribution in [2.24, 2.45) is 5.73 Å². The predicted molar refractivity (Wildman–Crippen MR) is 66.8 cm³/mol. The summed E-state index contributed by atoms with van der Waals surface area (Å²) < 4.78 is 38.1. The maximum Gasteiger partial charge on any atom is 0.390 e. The van der Waals surface area contributed by atoms with Crippen LogP contribution in [0.15, 0.2) is 35.1 Å². The number of benzene rings is 1. The quantitative estimate of drug-likeness (QED) is 0.931. The summed E-state index contributed by atoms with van der Waals surface area (Å²) in [5, 5.41) is 0.713. The van der Waals surface area contributed by atoms with Crippen LogP contribution in [0.25, 0.3) is 10.9 Å². The molecular formula is C13H13F3N2O. The van der Waals surface area contributed by atoms with Crippen LogP contribution in [0, 0.1) is 0 Å². The molecule has 0 spiro atoms. The van der Waals surface area contributed by atoms with Gasteiger partial charge in [-0.05, 0) is 17.5 Å². The highest BCUT2D eigenvalue weighted by molar-refractivity contribution is 5.79. The topological polar surface area (TPSA) is 48.0 Å². The number of nitrogens with zero attached hydrogens (tertiary/aromatic N) is 1. The van der Waals surface area contributed by atoms with Crippen molar-refractivity contribution in [2.75, 3.05) is 0 Å². The molecule has 0 fully saturated rings. The van der Waals surface area contributed by atoms with E-state index in [2.05, 4.69) is 0 Å². The standard InChI is InChI=1S/C13H13F3N2O/c14-13(15,16)5-6-18-11-4-2-1-3-9(11)7-10(8-17)12(18)19/h1-4,7H,5-6,8,17H2. The van der Waals surface area contributed by atoms with Crippen LogP contribution >= 0.6 is 0 Å². The van der Waals surface area contributed by atoms with Gasteiger partial charge >= 0.3 is 6.18 Å². The molecule has 0 unspecified atom stereocenters. The van der Waals surface area contributed by atoms with Gasteiger partial charge in [-0.3, -0.25) is 4.79 Å². The minimum absolute atomic E-state index is 0.00961. The molecule has 0 radical (unpaired) electrons. The van der Waals surface area contributed by atoms with E-state index >= 15 is 0 Å². The molecule has 0 saturated carbocycles. The molecule has 1 aromatic carbocycles. The molecule has 2 aromatic rings. The van der Waals surface area contributed by atoms with E-state index in [9.17, 15) is 18.0 Å². The van der Waals surface area contributed by atoms with Crippen LogP contribution in [0.5, 0.6) is 0 Å². The largest absolute Gasteiger partial charge is 0.390 e. The Morgan fingerprint density at radius 2 is 1.89 bits per heavy atom. The number of pyridine rings is 1. The molecule has 1 aromatic heterocycles. The Morgan fingerprint density at radius 1 is 1.21 bits per heavy atom. The lowest BCUT2D eigenvalue weighted by Crippen LogP contribution is -2.27. The number of fused-ring (bicyclic) bond motifs is 1. The lowest BCUT2D eigenvalue weighted by Gasteiger charge is -2.13. The number of hydrogen-bond acceptors (Lipinski definition) is 2. The third kappa shape index (κ3) is 2.96. The summed E-state index contributed by atoms with van der Waals surface area (Å²) in [5.74, 6) is 0. The molecule has 0 aliphatic rings. The van der Waals surface area contributed by atoms with Crippen molar-refractivity contribution in [3.05, 3.63) is 46.2 Å². The second-order valence-electron chi connectivity index (χ2n) is 4.25. The Hall–Kier alpha value is -1.82. The summed E-state index contributed by atoms with van der Waals surface area (Å²) in [6.07, 6.45) is -5.33. The third-order valence-electron chi connectivity index (χ3n) is 2.92. The highest BCUT2D eigenvalue weighted by Crippen LogP contribution is 2.21. The van der Waals surface area contributed by atoms with Gasteiger partial charge in [0.25, 0.3) is 5.56 Å². The monoisotopic (exact) mass is 270 g/mol. The van der Waals surface area contributed by atoms with Crippen molar-refractivity contribution in [3.8, 4) is 0 Å². The summed E-state index contributed by atoms with van der Waals surface area (Å²) in [7, 11) is 0. The molecular weight excluding hydrogens is 257 g/mol. The van der Waals surface area contributed by atoms with E-state index in [1.54, 1.807) is 30.3 Å². The van der Waals surface area contributed by atoms with Crippen molar-refractivity contribution >= 4 is 10.9 Å². The van der Waals surface area contributed by atoms with Crippen LogP contribution in [-0.4, -0.2) is 10.7 Å². The van der Waals surface area contributed by atoms with Gasteiger partial charge < -0.3 is 10.3 Å². The number of para-hydroxylation sites is 1. The van der Waals surface area contributed by atoms with E-state index in [0.717, 1.165) is 4.57 Å². The Balaban J connectivity index is 2.56. The van der Waals surface area contributed by atoms with Gasteiger partial charge in [0.1, 0.15) is 0 Å². The average molecular weight is 270 g/mol. The first-order chi connectivity index (χ1) is 8.92. The number of hydrogen-bond donors (Lipinski definition) is 1. The molecule has 3 nitrogen and oxygen atoms in total. The van der Waals surface area contributed by atoms with Gasteiger partial charge in [-0.15, -0.1) is 0 Å². The molecule has 6 heteroatoms. The lowest BCUT2D eigenvalue weighted by atomic mass is 10.1. The molecule has 19 heavy (non-hydrogen) atoms. The van der Waals surface area contributed by atoms with E-state index in [0.29, 0.717) is 16.5 Å². The predicted octanol–water partition coefficient (Wildman–Crippen LogP) is 2.41. The fourth-order valence-electron chi connectivity index (χ4n) is 1.99. The molecule has 0 aliphatic heterocycles. The van der Waals surface area contributed by atoms with Gasteiger partial charge in [0.05, 0.1) is 11.9 Å². The highest BCUT2D eigenvalue weighted by Gasteiger charge is 2.27. The minimum atomic E-state index is -4.29. The van der Waals surface area contributed by atoms with Crippen LogP contribution < -0.4 is 11.3 Å². The fourth-order valence-corrected chi connectivity index (χ4v) is 1.99. The highest BCUT2D eigenvalue weighted by atomic mass is 19.4. The van der Waals surface area contributed by atoms with Gasteiger partial charge in [-0.25, -0.2) is 0 Å². The summed E-state index contributed by atoms with van der Waals surface area (Å²) >= 11 is 0. The summed E-state index contributed by atoms with van der Waals surface area (Å²) in [4.78, 5) is 12.0. The van der Waals surface area contributed by atoms with E-state index in [1.807, 2.05) is 0 Å². The van der Waals surface area contributed by atoms with Gasteiger partial charge in [0.15, 0.2) is 0 Å². The SMILES string of the molecule is NCc1cc2ccccc2n(CCC(F)(F)F)c1=O. The van der Waals surface area contributed by atoms with Gasteiger partial charge in [-0.2, -0.15) is 13.2 Å². The van der Waals surface area contributed by atoms with Crippen molar-refractivity contribution in [3.63, 3.8) is 0 Å². The smallest absolute Gasteiger partial charge is 0.326 e. The van der Waals surface area contributed by atoms with Crippen molar-refractivity contribution < 1.29 is 13.2 Å². The van der Waals surface area contributed by atoms with Crippen molar-refractivity contribution in [1.82, 2.24) is 4.57 Å². The maximum absolute atomic E-state index is 12.3. The number of alkyl halides is 3. The second-order valence-corrected chi connectivity index (χ2v) is 4.25. The zero-order valence-corrected chi connectivity index (χ0v) is 10.1. The van der Waals surface area contributed by atoms with Crippen molar-refractivity contribution in [1.29, 1.82) is 0 Å². The fraction of sp³-hybridized carbons (Fsp3) is 0.308. The summed E-state index contributed by atoms with van der Waals surface area (Å²) in [6.45, 7) is -0.383. The molecule has 0 saturated heterocycles. The zero-order valence-electron chi connectivity index (χ0n) is 10.1. The lowest BCUT2D eigenvalue weighted by molar-refractivity contribution is -0.136. The third-order valence-corrected chi connectivity index (χ3v) is 2.92. The van der Waals surface area contributed by atoms with Gasteiger partial charge in [-0.1, -0.05) is 18.2 Å². The molecule has 102 valence electrons. The van der Waals surface area contributed by atoms with Crippen LogP contribution in [0.2, 0.25) is 0 Å².